The Morgan fingerprint density at radius 3 is 2.25 bits per heavy atom. The van der Waals surface area contributed by atoms with E-state index in [4.69, 9.17) is 4.74 Å². The van der Waals surface area contributed by atoms with Gasteiger partial charge >= 0.3 is 12.1 Å². The highest BCUT2D eigenvalue weighted by Crippen LogP contribution is 2.44. The van der Waals surface area contributed by atoms with Gasteiger partial charge in [-0.2, -0.15) is 13.2 Å². The Morgan fingerprint density at radius 2 is 1.83 bits per heavy atom. The maximum absolute atomic E-state index is 12.6. The zero-order chi connectivity index (χ0) is 18.0. The Labute approximate surface area is 146 Å². The van der Waals surface area contributed by atoms with E-state index in [1.165, 1.54) is 17.0 Å². The van der Waals surface area contributed by atoms with Crippen LogP contribution in [-0.4, -0.2) is 34.3 Å². The number of esters is 1. The minimum atomic E-state index is -4.41. The Morgan fingerprint density at radius 1 is 1.25 bits per heavy atom. The van der Waals surface area contributed by atoms with Gasteiger partial charge in [-0.1, -0.05) is 28.1 Å². The van der Waals surface area contributed by atoms with Gasteiger partial charge in [-0.05, 0) is 37.5 Å². The SMILES string of the molecule is CCOC(=O)C1(N(Cc2ccc(C(F)(F)F)cc2)C(=O)CBr)CC1. The molecule has 0 aliphatic heterocycles. The molecule has 0 N–H and O–H groups in total. The molecule has 1 saturated carbocycles. The van der Waals surface area contributed by atoms with Crippen molar-refractivity contribution in [3.05, 3.63) is 35.4 Å². The van der Waals surface area contributed by atoms with Gasteiger partial charge in [-0.3, -0.25) is 4.79 Å². The van der Waals surface area contributed by atoms with Crippen LogP contribution in [0, 0.1) is 0 Å². The van der Waals surface area contributed by atoms with Gasteiger partial charge in [-0.25, -0.2) is 4.79 Å². The van der Waals surface area contributed by atoms with E-state index in [0.29, 0.717) is 18.4 Å². The van der Waals surface area contributed by atoms with Gasteiger partial charge in [0.1, 0.15) is 5.54 Å². The van der Waals surface area contributed by atoms with Gasteiger partial charge in [0.15, 0.2) is 0 Å². The quantitative estimate of drug-likeness (QED) is 0.535. The summed E-state index contributed by atoms with van der Waals surface area (Å²) in [6, 6.07) is 4.57. The normalized spacial score (nSPS) is 15.7. The Bertz CT molecular complexity index is 612. The molecule has 1 aromatic carbocycles. The third kappa shape index (κ3) is 3.91. The first-order valence-corrected chi connectivity index (χ1v) is 8.56. The topological polar surface area (TPSA) is 46.6 Å². The van der Waals surface area contributed by atoms with E-state index in [-0.39, 0.29) is 24.4 Å². The number of ether oxygens (including phenoxy) is 1. The summed E-state index contributed by atoms with van der Waals surface area (Å²) in [7, 11) is 0. The first-order chi connectivity index (χ1) is 11.2. The molecule has 0 aromatic heterocycles. The molecule has 0 unspecified atom stereocenters. The van der Waals surface area contributed by atoms with Gasteiger partial charge in [0.25, 0.3) is 0 Å². The molecular weight excluding hydrogens is 391 g/mol. The summed E-state index contributed by atoms with van der Waals surface area (Å²) in [4.78, 5) is 25.8. The predicted molar refractivity (Wildman–Crippen MR) is 84.4 cm³/mol. The summed E-state index contributed by atoms with van der Waals surface area (Å²) >= 11 is 3.08. The summed E-state index contributed by atoms with van der Waals surface area (Å²) in [6.45, 7) is 1.94. The summed E-state index contributed by atoms with van der Waals surface area (Å²) < 4.78 is 42.9. The number of carbonyl (C=O) groups is 2. The number of hydrogen-bond acceptors (Lipinski definition) is 3. The van der Waals surface area contributed by atoms with Crippen LogP contribution in [0.15, 0.2) is 24.3 Å². The van der Waals surface area contributed by atoms with Crippen molar-refractivity contribution in [1.82, 2.24) is 4.90 Å². The lowest BCUT2D eigenvalue weighted by molar-refractivity contribution is -0.156. The fraction of sp³-hybridized carbons (Fsp3) is 0.500. The second-order valence-electron chi connectivity index (χ2n) is 5.56. The average Bonchev–Trinajstić information content (AvgIpc) is 3.33. The van der Waals surface area contributed by atoms with Gasteiger partial charge in [-0.15, -0.1) is 0 Å². The molecule has 1 fully saturated rings. The maximum Gasteiger partial charge on any atom is 0.416 e. The number of alkyl halides is 4. The number of nitrogens with zero attached hydrogens (tertiary/aromatic N) is 1. The minimum Gasteiger partial charge on any atom is -0.464 e. The standard InChI is InChI=1S/C16H17BrF3NO3/c1-2-24-14(23)15(7-8-15)21(13(22)9-17)10-11-3-5-12(6-4-11)16(18,19)20/h3-6H,2,7-10H2,1H3. The van der Waals surface area contributed by atoms with Crippen molar-refractivity contribution in [1.29, 1.82) is 0 Å². The van der Waals surface area contributed by atoms with E-state index >= 15 is 0 Å². The molecule has 1 aromatic rings. The average molecular weight is 408 g/mol. The molecule has 1 aliphatic carbocycles. The monoisotopic (exact) mass is 407 g/mol. The molecule has 4 nitrogen and oxygen atoms in total. The number of benzene rings is 1. The minimum absolute atomic E-state index is 0.0226. The van der Waals surface area contributed by atoms with Crippen LogP contribution in [0.5, 0.6) is 0 Å². The van der Waals surface area contributed by atoms with Crippen LogP contribution >= 0.6 is 15.9 Å². The summed E-state index contributed by atoms with van der Waals surface area (Å²) in [5.41, 5.74) is -1.23. The number of hydrogen-bond donors (Lipinski definition) is 0. The molecule has 132 valence electrons. The van der Waals surface area contributed by atoms with Crippen LogP contribution in [0.1, 0.15) is 30.9 Å². The molecule has 0 heterocycles. The van der Waals surface area contributed by atoms with Crippen LogP contribution in [0.2, 0.25) is 0 Å². The third-order valence-corrected chi connectivity index (χ3v) is 4.41. The van der Waals surface area contributed by atoms with Crippen molar-refractivity contribution < 1.29 is 27.5 Å². The number of amides is 1. The molecular formula is C16H17BrF3NO3. The molecule has 1 aliphatic rings. The van der Waals surface area contributed by atoms with Crippen molar-refractivity contribution in [2.75, 3.05) is 11.9 Å². The van der Waals surface area contributed by atoms with Crippen molar-refractivity contribution in [2.24, 2.45) is 0 Å². The second kappa shape index (κ2) is 7.13. The Balaban J connectivity index is 2.21. The number of halogens is 4. The molecule has 2 rings (SSSR count). The summed E-state index contributed by atoms with van der Waals surface area (Å²) in [6.07, 6.45) is -3.43. The van der Waals surface area contributed by atoms with Gasteiger partial charge in [0.2, 0.25) is 5.91 Å². The zero-order valence-electron chi connectivity index (χ0n) is 13.0. The molecule has 0 radical (unpaired) electrons. The van der Waals surface area contributed by atoms with E-state index in [9.17, 15) is 22.8 Å². The van der Waals surface area contributed by atoms with Crippen molar-refractivity contribution >= 4 is 27.8 Å². The lowest BCUT2D eigenvalue weighted by Gasteiger charge is -2.30. The first kappa shape index (κ1) is 18.8. The van der Waals surface area contributed by atoms with Gasteiger partial charge in [0, 0.05) is 6.54 Å². The molecule has 0 saturated heterocycles. The Kier molecular flexibility index (Phi) is 5.57. The van der Waals surface area contributed by atoms with Crippen molar-refractivity contribution in [2.45, 2.75) is 38.0 Å². The highest BCUT2D eigenvalue weighted by molar-refractivity contribution is 9.09. The number of rotatable bonds is 6. The van der Waals surface area contributed by atoms with E-state index in [2.05, 4.69) is 15.9 Å². The highest BCUT2D eigenvalue weighted by atomic mass is 79.9. The smallest absolute Gasteiger partial charge is 0.416 e. The third-order valence-electron chi connectivity index (χ3n) is 3.93. The van der Waals surface area contributed by atoms with Crippen LogP contribution in [0.25, 0.3) is 0 Å². The zero-order valence-corrected chi connectivity index (χ0v) is 14.6. The van der Waals surface area contributed by atoms with Crippen molar-refractivity contribution in [3.8, 4) is 0 Å². The fourth-order valence-electron chi connectivity index (χ4n) is 2.50. The maximum atomic E-state index is 12.6. The fourth-order valence-corrected chi connectivity index (χ4v) is 2.80. The summed E-state index contributed by atoms with van der Waals surface area (Å²) in [5, 5.41) is 0.0226. The second-order valence-corrected chi connectivity index (χ2v) is 6.12. The molecule has 1 amide bonds. The predicted octanol–water partition coefficient (Wildman–Crippen LogP) is 3.52. The van der Waals surface area contributed by atoms with E-state index < -0.39 is 23.2 Å². The van der Waals surface area contributed by atoms with E-state index in [0.717, 1.165) is 12.1 Å². The van der Waals surface area contributed by atoms with Crippen LogP contribution in [0.4, 0.5) is 13.2 Å². The number of carbonyl (C=O) groups excluding carboxylic acids is 2. The molecule has 24 heavy (non-hydrogen) atoms. The molecule has 0 bridgehead atoms. The molecule has 8 heteroatoms. The molecule has 0 spiro atoms. The van der Waals surface area contributed by atoms with Crippen LogP contribution in [-0.2, 0) is 27.0 Å². The lowest BCUT2D eigenvalue weighted by atomic mass is 10.1. The summed E-state index contributed by atoms with van der Waals surface area (Å²) in [5.74, 6) is -0.772. The molecule has 0 atom stereocenters. The van der Waals surface area contributed by atoms with Crippen LogP contribution in [0.3, 0.4) is 0 Å². The highest BCUT2D eigenvalue weighted by Gasteiger charge is 2.57. The lowest BCUT2D eigenvalue weighted by Crippen LogP contribution is -2.48. The van der Waals surface area contributed by atoms with Crippen LogP contribution < -0.4 is 0 Å². The van der Waals surface area contributed by atoms with E-state index in [1.54, 1.807) is 6.92 Å². The first-order valence-electron chi connectivity index (χ1n) is 7.44. The van der Waals surface area contributed by atoms with Gasteiger partial charge < -0.3 is 9.64 Å². The van der Waals surface area contributed by atoms with Gasteiger partial charge in [0.05, 0.1) is 17.5 Å². The Hall–Kier alpha value is -1.57. The largest absolute Gasteiger partial charge is 0.464 e. The van der Waals surface area contributed by atoms with E-state index in [1.807, 2.05) is 0 Å². The van der Waals surface area contributed by atoms with Crippen molar-refractivity contribution in [3.63, 3.8) is 0 Å².